The van der Waals surface area contributed by atoms with E-state index < -0.39 is 0 Å². The van der Waals surface area contributed by atoms with Gasteiger partial charge in [-0.25, -0.2) is 0 Å². The molecule has 0 aliphatic carbocycles. The zero-order valence-electron chi connectivity index (χ0n) is 10.8. The molecule has 3 heteroatoms. The molecule has 18 heavy (non-hydrogen) atoms. The summed E-state index contributed by atoms with van der Waals surface area (Å²) in [6.07, 6.45) is 4.74. The molecule has 0 saturated carbocycles. The molecule has 2 rings (SSSR count). The number of piperidine rings is 1. The minimum atomic E-state index is -0.210. The molecule has 1 aliphatic heterocycles. The maximum atomic E-state index is 11.6. The van der Waals surface area contributed by atoms with Gasteiger partial charge in [-0.2, -0.15) is 0 Å². The Labute approximate surface area is 109 Å². The Morgan fingerprint density at radius 1 is 1.17 bits per heavy atom. The van der Waals surface area contributed by atoms with Crippen molar-refractivity contribution >= 4 is 5.91 Å². The van der Waals surface area contributed by atoms with E-state index in [1.165, 1.54) is 32.4 Å². The van der Waals surface area contributed by atoms with Gasteiger partial charge in [0.2, 0.25) is 5.91 Å². The molecule has 3 nitrogen and oxygen atoms in total. The van der Waals surface area contributed by atoms with Crippen LogP contribution in [0.4, 0.5) is 0 Å². The molecule has 0 bridgehead atoms. The van der Waals surface area contributed by atoms with Gasteiger partial charge in [0.25, 0.3) is 0 Å². The maximum Gasteiger partial charge on any atom is 0.225 e. The molecule has 0 aromatic heterocycles. The first kappa shape index (κ1) is 13.1. The molecule has 1 aromatic rings. The van der Waals surface area contributed by atoms with Gasteiger partial charge in [-0.05, 0) is 44.5 Å². The van der Waals surface area contributed by atoms with Crippen LogP contribution in [0.1, 0.15) is 37.2 Å². The number of rotatable bonds is 5. The van der Waals surface area contributed by atoms with Crippen molar-refractivity contribution in [3.8, 4) is 0 Å². The van der Waals surface area contributed by atoms with Gasteiger partial charge < -0.3 is 10.6 Å². The normalized spacial score (nSPS) is 18.4. The molecule has 98 valence electrons. The predicted molar refractivity (Wildman–Crippen MR) is 73.3 cm³/mol. The summed E-state index contributed by atoms with van der Waals surface area (Å²) >= 11 is 0. The zero-order valence-corrected chi connectivity index (χ0v) is 10.8. The van der Waals surface area contributed by atoms with Crippen LogP contribution in [0.15, 0.2) is 30.3 Å². The fraction of sp³-hybridized carbons (Fsp3) is 0.533. The van der Waals surface area contributed by atoms with Gasteiger partial charge in [0.1, 0.15) is 0 Å². The summed E-state index contributed by atoms with van der Waals surface area (Å²) < 4.78 is 0. The lowest BCUT2D eigenvalue weighted by Crippen LogP contribution is -2.33. The van der Waals surface area contributed by atoms with Crippen molar-refractivity contribution < 1.29 is 4.79 Å². The number of likely N-dealkylation sites (tertiary alicyclic amines) is 1. The fourth-order valence-electron chi connectivity index (χ4n) is 2.65. The number of benzene rings is 1. The number of hydrogen-bond acceptors (Lipinski definition) is 2. The summed E-state index contributed by atoms with van der Waals surface area (Å²) in [7, 11) is 0. The molecular weight excluding hydrogens is 224 g/mol. The number of amides is 1. The molecule has 0 radical (unpaired) electrons. The number of carbonyl (C=O) groups excluding carboxylic acids is 1. The van der Waals surface area contributed by atoms with Crippen molar-refractivity contribution in [3.05, 3.63) is 35.9 Å². The largest absolute Gasteiger partial charge is 0.369 e. The molecule has 1 amide bonds. The Hall–Kier alpha value is -1.35. The van der Waals surface area contributed by atoms with Crippen LogP contribution in [-0.4, -0.2) is 30.4 Å². The second kappa shape index (κ2) is 6.55. The summed E-state index contributed by atoms with van der Waals surface area (Å²) in [6, 6.07) is 9.88. The summed E-state index contributed by atoms with van der Waals surface area (Å²) in [5.74, 6) is -0.355. The molecule has 1 saturated heterocycles. The highest BCUT2D eigenvalue weighted by Crippen LogP contribution is 2.20. The second-order valence-corrected chi connectivity index (χ2v) is 5.06. The van der Waals surface area contributed by atoms with Crippen molar-refractivity contribution in [2.45, 2.75) is 31.6 Å². The lowest BCUT2D eigenvalue weighted by atomic mass is 9.94. The summed E-state index contributed by atoms with van der Waals surface area (Å²) in [5.41, 5.74) is 6.57. The third-order valence-corrected chi connectivity index (χ3v) is 3.73. The van der Waals surface area contributed by atoms with Gasteiger partial charge >= 0.3 is 0 Å². The van der Waals surface area contributed by atoms with E-state index in [1.54, 1.807) is 0 Å². The van der Waals surface area contributed by atoms with Gasteiger partial charge in [0.15, 0.2) is 0 Å². The third kappa shape index (κ3) is 3.57. The van der Waals surface area contributed by atoms with Crippen LogP contribution in [0, 0.1) is 0 Å². The number of nitrogens with two attached hydrogens (primary N) is 1. The standard InChI is InChI=1S/C15H22N2O/c16-15(18)14(13-7-3-1-4-8-13)9-12-17-10-5-2-6-11-17/h1,3-4,7-8,14H,2,5-6,9-12H2,(H2,16,18)/t14-/m0/s1. The summed E-state index contributed by atoms with van der Waals surface area (Å²) in [4.78, 5) is 14.0. The third-order valence-electron chi connectivity index (χ3n) is 3.73. The first-order chi connectivity index (χ1) is 8.77. The van der Waals surface area contributed by atoms with Crippen LogP contribution >= 0.6 is 0 Å². The quantitative estimate of drug-likeness (QED) is 0.865. The molecule has 1 fully saturated rings. The maximum absolute atomic E-state index is 11.6. The van der Waals surface area contributed by atoms with E-state index in [0.29, 0.717) is 0 Å². The SMILES string of the molecule is NC(=O)[C@@H](CCN1CCCCC1)c1ccccc1. The minimum Gasteiger partial charge on any atom is -0.369 e. The van der Waals surface area contributed by atoms with E-state index in [1.807, 2.05) is 30.3 Å². The van der Waals surface area contributed by atoms with Crippen LogP contribution in [0.5, 0.6) is 0 Å². The molecule has 1 atom stereocenters. The zero-order chi connectivity index (χ0) is 12.8. The highest BCUT2D eigenvalue weighted by molar-refractivity contribution is 5.81. The lowest BCUT2D eigenvalue weighted by molar-refractivity contribution is -0.119. The number of nitrogens with zero attached hydrogens (tertiary/aromatic N) is 1. The van der Waals surface area contributed by atoms with Crippen LogP contribution in [0.25, 0.3) is 0 Å². The smallest absolute Gasteiger partial charge is 0.225 e. The molecule has 0 spiro atoms. The molecule has 2 N–H and O–H groups in total. The van der Waals surface area contributed by atoms with Gasteiger partial charge in [-0.15, -0.1) is 0 Å². The van der Waals surface area contributed by atoms with E-state index in [4.69, 9.17) is 5.73 Å². The molecule has 1 aromatic carbocycles. The highest BCUT2D eigenvalue weighted by Gasteiger charge is 2.19. The Balaban J connectivity index is 1.92. The van der Waals surface area contributed by atoms with E-state index in [9.17, 15) is 4.79 Å². The first-order valence-electron chi connectivity index (χ1n) is 6.84. The Morgan fingerprint density at radius 3 is 2.44 bits per heavy atom. The fourth-order valence-corrected chi connectivity index (χ4v) is 2.65. The average Bonchev–Trinajstić information content (AvgIpc) is 2.41. The van der Waals surface area contributed by atoms with E-state index in [0.717, 1.165) is 18.5 Å². The first-order valence-corrected chi connectivity index (χ1v) is 6.84. The molecule has 1 heterocycles. The summed E-state index contributed by atoms with van der Waals surface area (Å²) in [5, 5.41) is 0. The van der Waals surface area contributed by atoms with Crippen molar-refractivity contribution in [1.82, 2.24) is 4.90 Å². The van der Waals surface area contributed by atoms with E-state index in [-0.39, 0.29) is 11.8 Å². The van der Waals surface area contributed by atoms with Crippen molar-refractivity contribution in [2.75, 3.05) is 19.6 Å². The van der Waals surface area contributed by atoms with Gasteiger partial charge in [0.05, 0.1) is 5.92 Å². The van der Waals surface area contributed by atoms with Crippen LogP contribution in [-0.2, 0) is 4.79 Å². The highest BCUT2D eigenvalue weighted by atomic mass is 16.1. The van der Waals surface area contributed by atoms with Gasteiger partial charge in [-0.3, -0.25) is 4.79 Å². The number of hydrogen-bond donors (Lipinski definition) is 1. The summed E-state index contributed by atoms with van der Waals surface area (Å²) in [6.45, 7) is 3.31. The number of primary amides is 1. The Bertz CT molecular complexity index is 371. The van der Waals surface area contributed by atoms with E-state index >= 15 is 0 Å². The van der Waals surface area contributed by atoms with E-state index in [2.05, 4.69) is 4.90 Å². The van der Waals surface area contributed by atoms with Crippen LogP contribution in [0.2, 0.25) is 0 Å². The van der Waals surface area contributed by atoms with Gasteiger partial charge in [0, 0.05) is 0 Å². The molecule has 1 aliphatic rings. The molecule has 0 unspecified atom stereocenters. The van der Waals surface area contributed by atoms with Crippen LogP contribution < -0.4 is 5.73 Å². The second-order valence-electron chi connectivity index (χ2n) is 5.06. The van der Waals surface area contributed by atoms with Crippen LogP contribution in [0.3, 0.4) is 0 Å². The van der Waals surface area contributed by atoms with Crippen molar-refractivity contribution in [3.63, 3.8) is 0 Å². The van der Waals surface area contributed by atoms with Crippen molar-refractivity contribution in [1.29, 1.82) is 0 Å². The topological polar surface area (TPSA) is 46.3 Å². The number of carbonyl (C=O) groups is 1. The minimum absolute atomic E-state index is 0.145. The Kier molecular flexibility index (Phi) is 4.76. The lowest BCUT2D eigenvalue weighted by Gasteiger charge is -2.27. The van der Waals surface area contributed by atoms with Gasteiger partial charge in [-0.1, -0.05) is 36.8 Å². The average molecular weight is 246 g/mol. The monoisotopic (exact) mass is 246 g/mol. The predicted octanol–water partition coefficient (Wildman–Crippen LogP) is 2.13. The van der Waals surface area contributed by atoms with Crippen molar-refractivity contribution in [2.24, 2.45) is 5.73 Å². The molecular formula is C15H22N2O. The Morgan fingerprint density at radius 2 is 1.83 bits per heavy atom.